The highest BCUT2D eigenvalue weighted by atomic mass is 32.2. The zero-order valence-electron chi connectivity index (χ0n) is 18.8. The number of ether oxygens (including phenoxy) is 2. The van der Waals surface area contributed by atoms with Crippen LogP contribution in [0.1, 0.15) is 18.3 Å². The van der Waals surface area contributed by atoms with E-state index in [4.69, 9.17) is 9.47 Å². The van der Waals surface area contributed by atoms with Gasteiger partial charge in [-0.05, 0) is 48.9 Å². The molecule has 2 amide bonds. The van der Waals surface area contributed by atoms with Gasteiger partial charge in [0.15, 0.2) is 11.0 Å². The van der Waals surface area contributed by atoms with Crippen LogP contribution in [0, 0.1) is 0 Å². The Balaban J connectivity index is 1.44. The maximum absolute atomic E-state index is 12.3. The van der Waals surface area contributed by atoms with Gasteiger partial charge in [-0.1, -0.05) is 23.9 Å². The van der Waals surface area contributed by atoms with E-state index in [0.717, 1.165) is 17.1 Å². The number of hydrogen-bond donors (Lipinski definition) is 2. The maximum Gasteiger partial charge on any atom is 0.234 e. The summed E-state index contributed by atoms with van der Waals surface area (Å²) in [6, 6.07) is 14.6. The summed E-state index contributed by atoms with van der Waals surface area (Å²) in [5, 5.41) is 14.5. The molecule has 0 spiro atoms. The Morgan fingerprint density at radius 3 is 2.36 bits per heavy atom. The molecule has 2 aromatic carbocycles. The first-order valence-electron chi connectivity index (χ1n) is 10.4. The largest absolute Gasteiger partial charge is 0.497 e. The van der Waals surface area contributed by atoms with Gasteiger partial charge in [0, 0.05) is 12.7 Å². The Bertz CT molecular complexity index is 1070. The Morgan fingerprint density at radius 1 is 1.00 bits per heavy atom. The molecule has 3 aromatic rings. The summed E-state index contributed by atoms with van der Waals surface area (Å²) in [7, 11) is 3.40. The van der Waals surface area contributed by atoms with E-state index >= 15 is 0 Å². The molecular formula is C23H27N5O4S. The minimum atomic E-state index is -0.151. The third-order valence-electron chi connectivity index (χ3n) is 4.67. The molecule has 1 aromatic heterocycles. The van der Waals surface area contributed by atoms with Gasteiger partial charge in [-0.3, -0.25) is 9.59 Å². The lowest BCUT2D eigenvalue weighted by Gasteiger charge is -2.08. The molecular weight excluding hydrogens is 442 g/mol. The Labute approximate surface area is 196 Å². The van der Waals surface area contributed by atoms with E-state index in [9.17, 15) is 9.59 Å². The molecule has 0 aliphatic heterocycles. The molecule has 2 N–H and O–H groups in total. The molecule has 0 aliphatic carbocycles. The van der Waals surface area contributed by atoms with Gasteiger partial charge in [0.05, 0.1) is 32.4 Å². The highest BCUT2D eigenvalue weighted by molar-refractivity contribution is 7.99. The van der Waals surface area contributed by atoms with Gasteiger partial charge in [-0.2, -0.15) is 0 Å². The van der Waals surface area contributed by atoms with Crippen LogP contribution >= 0.6 is 11.8 Å². The highest BCUT2D eigenvalue weighted by Crippen LogP contribution is 2.18. The topological polar surface area (TPSA) is 107 Å². The molecule has 10 heteroatoms. The molecule has 0 saturated carbocycles. The minimum absolute atomic E-state index is 0.118. The smallest absolute Gasteiger partial charge is 0.234 e. The molecule has 0 unspecified atom stereocenters. The third kappa shape index (κ3) is 7.25. The Morgan fingerprint density at radius 2 is 1.70 bits per heavy atom. The van der Waals surface area contributed by atoms with Crippen LogP contribution in [0.2, 0.25) is 0 Å². The molecule has 174 valence electrons. The maximum atomic E-state index is 12.3. The fourth-order valence-electron chi connectivity index (χ4n) is 2.92. The van der Waals surface area contributed by atoms with Crippen LogP contribution in [0.15, 0.2) is 53.7 Å². The molecule has 0 bridgehead atoms. The average Bonchev–Trinajstić information content (AvgIpc) is 3.17. The SMILES string of the molecule is CCOc1ccc(NC(=O)CSc2nnc(CNC(=O)Cc3ccc(OC)cc3)n2C)cc1. The lowest BCUT2D eigenvalue weighted by Crippen LogP contribution is -2.26. The van der Waals surface area contributed by atoms with E-state index in [1.54, 1.807) is 30.9 Å². The summed E-state index contributed by atoms with van der Waals surface area (Å²) in [4.78, 5) is 24.5. The van der Waals surface area contributed by atoms with Gasteiger partial charge in [-0.15, -0.1) is 10.2 Å². The number of benzene rings is 2. The van der Waals surface area contributed by atoms with Gasteiger partial charge in [0.2, 0.25) is 11.8 Å². The van der Waals surface area contributed by atoms with Crippen molar-refractivity contribution in [1.82, 2.24) is 20.1 Å². The highest BCUT2D eigenvalue weighted by Gasteiger charge is 2.13. The average molecular weight is 470 g/mol. The van der Waals surface area contributed by atoms with Crippen molar-refractivity contribution >= 4 is 29.3 Å². The number of thioether (sulfide) groups is 1. The summed E-state index contributed by atoms with van der Waals surface area (Å²) in [5.74, 6) is 2.02. The normalized spacial score (nSPS) is 10.5. The molecule has 0 saturated heterocycles. The number of anilines is 1. The number of amides is 2. The van der Waals surface area contributed by atoms with Crippen LogP contribution in [0.4, 0.5) is 5.69 Å². The van der Waals surface area contributed by atoms with Crippen molar-refractivity contribution in [3.05, 3.63) is 59.9 Å². The fourth-order valence-corrected chi connectivity index (χ4v) is 3.65. The number of hydrogen-bond acceptors (Lipinski definition) is 7. The second kappa shape index (κ2) is 11.9. The van der Waals surface area contributed by atoms with Gasteiger partial charge in [0.1, 0.15) is 11.5 Å². The molecule has 0 aliphatic rings. The van der Waals surface area contributed by atoms with Crippen molar-refractivity contribution in [3.63, 3.8) is 0 Å². The molecule has 1 heterocycles. The van der Waals surface area contributed by atoms with E-state index in [1.165, 1.54) is 11.8 Å². The first-order valence-corrected chi connectivity index (χ1v) is 11.4. The zero-order chi connectivity index (χ0) is 23.6. The first-order chi connectivity index (χ1) is 16.0. The van der Waals surface area contributed by atoms with Crippen molar-refractivity contribution in [2.75, 3.05) is 24.8 Å². The number of nitrogens with zero attached hydrogens (tertiary/aromatic N) is 3. The van der Waals surface area contributed by atoms with Crippen LogP contribution in [-0.2, 0) is 29.6 Å². The molecule has 0 fully saturated rings. The van der Waals surface area contributed by atoms with Crippen molar-refractivity contribution < 1.29 is 19.1 Å². The molecule has 9 nitrogen and oxygen atoms in total. The zero-order valence-corrected chi connectivity index (χ0v) is 19.6. The molecule has 33 heavy (non-hydrogen) atoms. The second-order valence-electron chi connectivity index (χ2n) is 7.05. The summed E-state index contributed by atoms with van der Waals surface area (Å²) >= 11 is 1.27. The monoisotopic (exact) mass is 469 g/mol. The van der Waals surface area contributed by atoms with Crippen LogP contribution in [0.25, 0.3) is 0 Å². The van der Waals surface area contributed by atoms with E-state index in [2.05, 4.69) is 20.8 Å². The van der Waals surface area contributed by atoms with E-state index in [-0.39, 0.29) is 30.5 Å². The standard InChI is InChI=1S/C23H27N5O4S/c1-4-32-19-11-7-17(8-12-19)25-22(30)15-33-23-27-26-20(28(23)2)14-24-21(29)13-16-5-9-18(31-3)10-6-16/h5-12H,4,13-15H2,1-3H3,(H,24,29)(H,25,30). The van der Waals surface area contributed by atoms with E-state index < -0.39 is 0 Å². The number of rotatable bonds is 11. The van der Waals surface area contributed by atoms with Gasteiger partial charge < -0.3 is 24.7 Å². The number of aromatic nitrogens is 3. The number of carbonyl (C=O) groups excluding carboxylic acids is 2. The summed E-state index contributed by atoms with van der Waals surface area (Å²) < 4.78 is 12.3. The quantitative estimate of drug-likeness (QED) is 0.416. The van der Waals surface area contributed by atoms with Crippen LogP contribution in [0.5, 0.6) is 11.5 Å². The second-order valence-corrected chi connectivity index (χ2v) is 8.00. The molecule has 0 radical (unpaired) electrons. The summed E-state index contributed by atoms with van der Waals surface area (Å²) in [6.45, 7) is 2.76. The summed E-state index contributed by atoms with van der Waals surface area (Å²) in [6.07, 6.45) is 0.259. The van der Waals surface area contributed by atoms with Crippen LogP contribution < -0.4 is 20.1 Å². The van der Waals surface area contributed by atoms with E-state index in [0.29, 0.717) is 23.3 Å². The van der Waals surface area contributed by atoms with E-state index in [1.807, 2.05) is 43.3 Å². The van der Waals surface area contributed by atoms with Gasteiger partial charge in [-0.25, -0.2) is 0 Å². The van der Waals surface area contributed by atoms with Crippen molar-refractivity contribution in [2.45, 2.75) is 25.0 Å². The summed E-state index contributed by atoms with van der Waals surface area (Å²) in [5.41, 5.74) is 1.59. The van der Waals surface area contributed by atoms with Crippen molar-refractivity contribution in [1.29, 1.82) is 0 Å². The lowest BCUT2D eigenvalue weighted by atomic mass is 10.1. The minimum Gasteiger partial charge on any atom is -0.497 e. The van der Waals surface area contributed by atoms with Gasteiger partial charge >= 0.3 is 0 Å². The fraction of sp³-hybridized carbons (Fsp3) is 0.304. The van der Waals surface area contributed by atoms with Crippen molar-refractivity contribution in [2.24, 2.45) is 7.05 Å². The number of nitrogens with one attached hydrogen (secondary N) is 2. The van der Waals surface area contributed by atoms with Crippen molar-refractivity contribution in [3.8, 4) is 11.5 Å². The number of carbonyl (C=O) groups is 2. The first kappa shape index (κ1) is 24.1. The predicted octanol–water partition coefficient (Wildman–Crippen LogP) is 2.81. The van der Waals surface area contributed by atoms with Crippen LogP contribution in [0.3, 0.4) is 0 Å². The van der Waals surface area contributed by atoms with Gasteiger partial charge in [0.25, 0.3) is 0 Å². The molecule has 3 rings (SSSR count). The Hall–Kier alpha value is -3.53. The third-order valence-corrected chi connectivity index (χ3v) is 5.69. The lowest BCUT2D eigenvalue weighted by molar-refractivity contribution is -0.120. The Kier molecular flexibility index (Phi) is 8.71. The van der Waals surface area contributed by atoms with Crippen LogP contribution in [-0.4, -0.2) is 46.0 Å². The number of methoxy groups -OCH3 is 1. The predicted molar refractivity (Wildman–Crippen MR) is 127 cm³/mol. The molecule has 0 atom stereocenters.